The predicted molar refractivity (Wildman–Crippen MR) is 135 cm³/mol. The summed E-state index contributed by atoms with van der Waals surface area (Å²) in [6.07, 6.45) is 3.74. The molecule has 0 aliphatic rings. The zero-order valence-corrected chi connectivity index (χ0v) is 20.0. The van der Waals surface area contributed by atoms with Crippen molar-refractivity contribution >= 4 is 15.7 Å². The maximum atomic E-state index is 11.6. The molecule has 0 spiro atoms. The molecule has 0 aliphatic carbocycles. The number of methoxy groups -OCH3 is 1. The van der Waals surface area contributed by atoms with Crippen molar-refractivity contribution in [1.82, 2.24) is 9.97 Å². The zero-order valence-electron chi connectivity index (χ0n) is 19.2. The fourth-order valence-corrected chi connectivity index (χ4v) is 4.55. The van der Waals surface area contributed by atoms with Gasteiger partial charge in [0, 0.05) is 23.5 Å². The van der Waals surface area contributed by atoms with Gasteiger partial charge in [-0.2, -0.15) is 0 Å². The van der Waals surface area contributed by atoms with Crippen LogP contribution in [0.25, 0.3) is 11.1 Å². The lowest BCUT2D eigenvalue weighted by Crippen LogP contribution is -2.09. The first-order valence-corrected chi connectivity index (χ1v) is 12.8. The molecular weight excluding hydrogens is 448 g/mol. The van der Waals surface area contributed by atoms with Crippen LogP contribution in [0.4, 0.5) is 5.69 Å². The SMILES string of the molecule is COc1ccc(C(Cc2cccc(-c3cccc(NS(C)(=O)=O)c3)c2)c2cnc(CN)[nH]2)cc1. The van der Waals surface area contributed by atoms with Crippen molar-refractivity contribution in [3.8, 4) is 16.9 Å². The van der Waals surface area contributed by atoms with E-state index in [0.29, 0.717) is 12.2 Å². The number of hydrogen-bond acceptors (Lipinski definition) is 5. The molecule has 1 unspecified atom stereocenters. The Bertz CT molecular complexity index is 1360. The molecule has 4 rings (SSSR count). The summed E-state index contributed by atoms with van der Waals surface area (Å²) in [5.41, 5.74) is 11.5. The fourth-order valence-electron chi connectivity index (χ4n) is 3.99. The van der Waals surface area contributed by atoms with Crippen LogP contribution in [-0.4, -0.2) is 31.8 Å². The standard InChI is InChI=1S/C26H28N4O3S/c1-33-23-11-9-19(10-12-23)24(25-17-28-26(16-27)29-25)14-18-5-3-6-20(13-18)21-7-4-8-22(15-21)30-34(2,31)32/h3-13,15,17,24,30H,14,16,27H2,1-2H3,(H,28,29). The monoisotopic (exact) mass is 476 g/mol. The lowest BCUT2D eigenvalue weighted by Gasteiger charge is -2.17. The number of imidazole rings is 1. The van der Waals surface area contributed by atoms with Crippen LogP contribution >= 0.6 is 0 Å². The molecule has 176 valence electrons. The summed E-state index contributed by atoms with van der Waals surface area (Å²) in [5, 5.41) is 0. The number of aromatic amines is 1. The van der Waals surface area contributed by atoms with Crippen molar-refractivity contribution < 1.29 is 13.2 Å². The van der Waals surface area contributed by atoms with Gasteiger partial charge in [-0.3, -0.25) is 4.72 Å². The third-order valence-electron chi connectivity index (χ3n) is 5.60. The maximum absolute atomic E-state index is 11.6. The van der Waals surface area contributed by atoms with Crippen molar-refractivity contribution in [3.05, 3.63) is 102 Å². The first kappa shape index (κ1) is 23.5. The summed E-state index contributed by atoms with van der Waals surface area (Å²) < 4.78 is 31.1. The molecule has 4 aromatic rings. The van der Waals surface area contributed by atoms with Crippen molar-refractivity contribution in [3.63, 3.8) is 0 Å². The number of nitrogens with zero attached hydrogens (tertiary/aromatic N) is 1. The van der Waals surface area contributed by atoms with E-state index in [4.69, 9.17) is 10.5 Å². The highest BCUT2D eigenvalue weighted by Crippen LogP contribution is 2.31. The van der Waals surface area contributed by atoms with Gasteiger partial charge in [0.15, 0.2) is 0 Å². The van der Waals surface area contributed by atoms with Gasteiger partial charge in [-0.15, -0.1) is 0 Å². The van der Waals surface area contributed by atoms with Crippen LogP contribution in [-0.2, 0) is 23.0 Å². The molecule has 34 heavy (non-hydrogen) atoms. The number of nitrogens with one attached hydrogen (secondary N) is 2. The smallest absolute Gasteiger partial charge is 0.229 e. The summed E-state index contributed by atoms with van der Waals surface area (Å²) in [4.78, 5) is 7.75. The van der Waals surface area contributed by atoms with Gasteiger partial charge >= 0.3 is 0 Å². The minimum Gasteiger partial charge on any atom is -0.497 e. The largest absolute Gasteiger partial charge is 0.497 e. The van der Waals surface area contributed by atoms with Crippen LogP contribution in [0.3, 0.4) is 0 Å². The number of anilines is 1. The Morgan fingerprint density at radius 2 is 1.74 bits per heavy atom. The van der Waals surface area contributed by atoms with Gasteiger partial charge in [0.25, 0.3) is 0 Å². The molecule has 0 saturated heterocycles. The number of H-pyrrole nitrogens is 1. The highest BCUT2D eigenvalue weighted by Gasteiger charge is 2.18. The molecule has 1 aromatic heterocycles. The van der Waals surface area contributed by atoms with Crippen LogP contribution in [0.1, 0.15) is 28.6 Å². The van der Waals surface area contributed by atoms with Gasteiger partial charge in [0.05, 0.1) is 19.9 Å². The second kappa shape index (κ2) is 10.1. The van der Waals surface area contributed by atoms with E-state index < -0.39 is 10.0 Å². The number of rotatable bonds is 9. The second-order valence-corrected chi connectivity index (χ2v) is 9.92. The van der Waals surface area contributed by atoms with Crippen LogP contribution in [0.15, 0.2) is 79.0 Å². The second-order valence-electron chi connectivity index (χ2n) is 8.17. The summed E-state index contributed by atoms with van der Waals surface area (Å²) in [6.45, 7) is 0.350. The van der Waals surface area contributed by atoms with E-state index in [2.05, 4.69) is 39.0 Å². The quantitative estimate of drug-likeness (QED) is 0.334. The Hall–Kier alpha value is -3.62. The van der Waals surface area contributed by atoms with Crippen LogP contribution in [0.5, 0.6) is 5.75 Å². The molecule has 4 N–H and O–H groups in total. The van der Waals surface area contributed by atoms with Gasteiger partial charge in [0.2, 0.25) is 10.0 Å². The molecule has 0 radical (unpaired) electrons. The van der Waals surface area contributed by atoms with E-state index in [9.17, 15) is 8.42 Å². The topological polar surface area (TPSA) is 110 Å². The first-order chi connectivity index (χ1) is 16.3. The number of aromatic nitrogens is 2. The average molecular weight is 477 g/mol. The van der Waals surface area contributed by atoms with Crippen molar-refractivity contribution in [1.29, 1.82) is 0 Å². The molecule has 0 fully saturated rings. The highest BCUT2D eigenvalue weighted by atomic mass is 32.2. The number of sulfonamides is 1. The van der Waals surface area contributed by atoms with E-state index in [1.165, 1.54) is 0 Å². The van der Waals surface area contributed by atoms with Crippen LogP contribution < -0.4 is 15.2 Å². The van der Waals surface area contributed by atoms with Crippen LogP contribution in [0, 0.1) is 0 Å². The third-order valence-corrected chi connectivity index (χ3v) is 6.21. The molecule has 0 bridgehead atoms. The lowest BCUT2D eigenvalue weighted by molar-refractivity contribution is 0.414. The Kier molecular flexibility index (Phi) is 7.00. The fraction of sp³-hybridized carbons (Fsp3) is 0.192. The Morgan fingerprint density at radius 3 is 2.38 bits per heavy atom. The summed E-state index contributed by atoms with van der Waals surface area (Å²) in [6, 6.07) is 23.7. The summed E-state index contributed by atoms with van der Waals surface area (Å²) in [7, 11) is -1.69. The van der Waals surface area contributed by atoms with E-state index in [1.54, 1.807) is 13.2 Å². The van der Waals surface area contributed by atoms with Crippen LogP contribution in [0.2, 0.25) is 0 Å². The molecule has 7 nitrogen and oxygen atoms in total. The summed E-state index contributed by atoms with van der Waals surface area (Å²) in [5.74, 6) is 1.60. The molecule has 3 aromatic carbocycles. The number of benzene rings is 3. The number of nitrogens with two attached hydrogens (primary N) is 1. The van der Waals surface area contributed by atoms with Crippen molar-refractivity contribution in [2.45, 2.75) is 18.9 Å². The average Bonchev–Trinajstić information content (AvgIpc) is 3.31. The Morgan fingerprint density at radius 1 is 1.03 bits per heavy atom. The molecule has 0 amide bonds. The number of hydrogen-bond donors (Lipinski definition) is 3. The van der Waals surface area contributed by atoms with Gasteiger partial charge in [-0.05, 0) is 52.9 Å². The highest BCUT2D eigenvalue weighted by molar-refractivity contribution is 7.92. The molecule has 8 heteroatoms. The Labute approximate surface area is 200 Å². The first-order valence-electron chi connectivity index (χ1n) is 10.9. The Balaban J connectivity index is 1.66. The zero-order chi connectivity index (χ0) is 24.1. The van der Waals surface area contributed by atoms with E-state index in [1.807, 2.05) is 48.7 Å². The summed E-state index contributed by atoms with van der Waals surface area (Å²) >= 11 is 0. The minimum atomic E-state index is -3.34. The van der Waals surface area contributed by atoms with E-state index >= 15 is 0 Å². The molecular formula is C26H28N4O3S. The van der Waals surface area contributed by atoms with Crippen molar-refractivity contribution in [2.24, 2.45) is 5.73 Å². The molecule has 0 aliphatic heterocycles. The molecule has 1 heterocycles. The van der Waals surface area contributed by atoms with Gasteiger partial charge < -0.3 is 15.5 Å². The third kappa shape index (κ3) is 5.84. The lowest BCUT2D eigenvalue weighted by atomic mass is 9.88. The van der Waals surface area contributed by atoms with Gasteiger partial charge in [0.1, 0.15) is 11.6 Å². The minimum absolute atomic E-state index is 0.0483. The van der Waals surface area contributed by atoms with E-state index in [-0.39, 0.29) is 5.92 Å². The molecule has 1 atom stereocenters. The predicted octanol–water partition coefficient (Wildman–Crippen LogP) is 4.29. The molecule has 0 saturated carbocycles. The maximum Gasteiger partial charge on any atom is 0.229 e. The van der Waals surface area contributed by atoms with E-state index in [0.717, 1.165) is 52.2 Å². The van der Waals surface area contributed by atoms with Crippen molar-refractivity contribution in [2.75, 3.05) is 18.1 Å². The number of ether oxygens (including phenoxy) is 1. The van der Waals surface area contributed by atoms with Gasteiger partial charge in [-0.1, -0.05) is 48.5 Å². The normalized spacial score (nSPS) is 12.3. The van der Waals surface area contributed by atoms with Gasteiger partial charge in [-0.25, -0.2) is 13.4 Å².